The normalized spacial score (nSPS) is 16.0. The lowest BCUT2D eigenvalue weighted by atomic mass is 9.83. The predicted molar refractivity (Wildman–Crippen MR) is 149 cm³/mol. The number of pyridine rings is 2. The Balaban J connectivity index is 1.73. The van der Waals surface area contributed by atoms with Crippen molar-refractivity contribution >= 4 is 49.0 Å². The summed E-state index contributed by atoms with van der Waals surface area (Å²) in [7, 11) is 2.21. The van der Waals surface area contributed by atoms with Crippen LogP contribution in [0.2, 0.25) is 0 Å². The van der Waals surface area contributed by atoms with Crippen LogP contribution in [-0.2, 0) is 12.5 Å². The summed E-state index contributed by atoms with van der Waals surface area (Å²) in [6.07, 6.45) is 9.03. The number of fused-ring (bicyclic) bond motifs is 5. The van der Waals surface area contributed by atoms with E-state index in [0.29, 0.717) is 5.92 Å². The molecule has 0 unspecified atom stereocenters. The van der Waals surface area contributed by atoms with Gasteiger partial charge in [0.15, 0.2) is 6.20 Å². The van der Waals surface area contributed by atoms with Crippen LogP contribution in [0, 0.1) is 6.92 Å². The highest BCUT2D eigenvalue weighted by atomic mass is 15.0. The maximum atomic E-state index is 2.60. The van der Waals surface area contributed by atoms with Crippen molar-refractivity contribution in [3.63, 3.8) is 0 Å². The van der Waals surface area contributed by atoms with Crippen molar-refractivity contribution in [2.75, 3.05) is 0 Å². The molecule has 3 aromatic heterocycles. The zero-order chi connectivity index (χ0) is 24.1. The summed E-state index contributed by atoms with van der Waals surface area (Å²) in [6.45, 7) is 9.22. The Morgan fingerprint density at radius 1 is 0.829 bits per heavy atom. The minimum Gasteiger partial charge on any atom is -0.307 e. The van der Waals surface area contributed by atoms with Gasteiger partial charge in [-0.3, -0.25) is 0 Å². The standard InChI is InChI=1S/C33H35N2/c1-20-11-13-25-26-19-24(33(2,3)4)12-14-27(26)35-28-18-23(21-9-7-6-8-10-21)17-22-15-16-34(5)32(30(22)28)29(20)31(25)35/h11-19,21H,6-10H2,1-5H3/q+1. The summed E-state index contributed by atoms with van der Waals surface area (Å²) < 4.78 is 4.94. The Labute approximate surface area is 207 Å². The average Bonchev–Trinajstić information content (AvgIpc) is 3.18. The van der Waals surface area contributed by atoms with Crippen molar-refractivity contribution in [3.8, 4) is 0 Å². The first-order chi connectivity index (χ1) is 16.8. The Morgan fingerprint density at radius 3 is 2.40 bits per heavy atom. The predicted octanol–water partition coefficient (Wildman–Crippen LogP) is 8.47. The molecule has 1 aliphatic rings. The molecule has 3 heterocycles. The first kappa shape index (κ1) is 21.2. The topological polar surface area (TPSA) is 8.29 Å². The number of benzene rings is 3. The van der Waals surface area contributed by atoms with E-state index >= 15 is 0 Å². The zero-order valence-corrected chi connectivity index (χ0v) is 21.7. The SMILES string of the molecule is Cc1ccc2c3cc(C(C)(C)C)ccc3n3c4cc(C5CCCCC5)cc5cc[n+](C)c(c1c23)c54. The number of aromatic nitrogens is 2. The maximum absolute atomic E-state index is 2.60. The van der Waals surface area contributed by atoms with E-state index in [2.05, 4.69) is 98.4 Å². The van der Waals surface area contributed by atoms with E-state index in [-0.39, 0.29) is 5.41 Å². The van der Waals surface area contributed by atoms with Crippen LogP contribution in [0.15, 0.2) is 54.7 Å². The molecular weight excluding hydrogens is 424 g/mol. The number of hydrogen-bond donors (Lipinski definition) is 0. The van der Waals surface area contributed by atoms with Gasteiger partial charge in [0.1, 0.15) is 7.05 Å². The summed E-state index contributed by atoms with van der Waals surface area (Å²) in [5, 5.41) is 6.92. The molecule has 7 rings (SSSR count). The molecular formula is C33H35N2+. The molecule has 2 heteroatoms. The van der Waals surface area contributed by atoms with Crippen LogP contribution in [0.1, 0.15) is 75.5 Å². The molecule has 2 nitrogen and oxygen atoms in total. The van der Waals surface area contributed by atoms with E-state index in [0.717, 1.165) is 0 Å². The van der Waals surface area contributed by atoms with Crippen LogP contribution in [0.5, 0.6) is 0 Å². The number of aryl methyl sites for hydroxylation is 2. The average molecular weight is 460 g/mol. The monoisotopic (exact) mass is 459 g/mol. The fourth-order valence-electron chi connectivity index (χ4n) is 6.88. The van der Waals surface area contributed by atoms with Gasteiger partial charge in [-0.2, -0.15) is 0 Å². The van der Waals surface area contributed by atoms with Crippen molar-refractivity contribution < 1.29 is 4.57 Å². The molecule has 6 aromatic rings. The molecule has 0 saturated heterocycles. The molecule has 3 aromatic carbocycles. The smallest absolute Gasteiger partial charge is 0.224 e. The van der Waals surface area contributed by atoms with Crippen LogP contribution in [0.4, 0.5) is 0 Å². The quantitative estimate of drug-likeness (QED) is 0.132. The molecule has 0 atom stereocenters. The van der Waals surface area contributed by atoms with Crippen LogP contribution >= 0.6 is 0 Å². The number of nitrogens with zero attached hydrogens (tertiary/aromatic N) is 2. The van der Waals surface area contributed by atoms with Crippen molar-refractivity contribution in [2.24, 2.45) is 7.05 Å². The Kier molecular flexibility index (Phi) is 4.35. The van der Waals surface area contributed by atoms with E-state index in [4.69, 9.17) is 0 Å². The third-order valence-corrected chi connectivity index (χ3v) is 8.80. The largest absolute Gasteiger partial charge is 0.307 e. The molecule has 176 valence electrons. The van der Waals surface area contributed by atoms with Crippen molar-refractivity contribution in [1.29, 1.82) is 0 Å². The highest BCUT2D eigenvalue weighted by Crippen LogP contribution is 2.43. The van der Waals surface area contributed by atoms with Gasteiger partial charge in [-0.1, -0.05) is 64.3 Å². The van der Waals surface area contributed by atoms with Crippen molar-refractivity contribution in [1.82, 2.24) is 4.40 Å². The summed E-state index contributed by atoms with van der Waals surface area (Å²) in [4.78, 5) is 0. The number of hydrogen-bond acceptors (Lipinski definition) is 0. The van der Waals surface area contributed by atoms with Gasteiger partial charge in [0.05, 0.1) is 27.3 Å². The lowest BCUT2D eigenvalue weighted by Gasteiger charge is -2.23. The lowest BCUT2D eigenvalue weighted by Crippen LogP contribution is -2.29. The zero-order valence-electron chi connectivity index (χ0n) is 21.7. The lowest BCUT2D eigenvalue weighted by molar-refractivity contribution is -0.643. The molecule has 0 radical (unpaired) electrons. The maximum Gasteiger partial charge on any atom is 0.224 e. The van der Waals surface area contributed by atoms with E-state index < -0.39 is 0 Å². The molecule has 1 saturated carbocycles. The van der Waals surface area contributed by atoms with Crippen LogP contribution in [0.25, 0.3) is 49.0 Å². The van der Waals surface area contributed by atoms with Gasteiger partial charge in [0.2, 0.25) is 5.52 Å². The third-order valence-electron chi connectivity index (χ3n) is 8.80. The van der Waals surface area contributed by atoms with Crippen LogP contribution in [-0.4, -0.2) is 4.40 Å². The molecule has 0 amide bonds. The van der Waals surface area contributed by atoms with Gasteiger partial charge < -0.3 is 4.40 Å². The highest BCUT2D eigenvalue weighted by molar-refractivity contribution is 6.25. The van der Waals surface area contributed by atoms with Gasteiger partial charge in [-0.15, -0.1) is 0 Å². The summed E-state index contributed by atoms with van der Waals surface area (Å²) in [6, 6.07) is 19.2. The third kappa shape index (κ3) is 2.92. The molecule has 1 fully saturated rings. The van der Waals surface area contributed by atoms with Gasteiger partial charge in [-0.05, 0) is 71.4 Å². The van der Waals surface area contributed by atoms with Crippen LogP contribution in [0.3, 0.4) is 0 Å². The first-order valence-electron chi connectivity index (χ1n) is 13.4. The first-order valence-corrected chi connectivity index (χ1v) is 13.4. The summed E-state index contributed by atoms with van der Waals surface area (Å²) >= 11 is 0. The van der Waals surface area contributed by atoms with E-state index in [1.54, 1.807) is 0 Å². The van der Waals surface area contributed by atoms with Crippen molar-refractivity contribution in [3.05, 3.63) is 71.4 Å². The minimum absolute atomic E-state index is 0.125. The molecule has 0 aliphatic heterocycles. The molecule has 0 N–H and O–H groups in total. The molecule has 35 heavy (non-hydrogen) atoms. The van der Waals surface area contributed by atoms with Gasteiger partial charge in [0.25, 0.3) is 0 Å². The van der Waals surface area contributed by atoms with Crippen LogP contribution < -0.4 is 4.57 Å². The molecule has 0 spiro atoms. The second-order valence-electron chi connectivity index (χ2n) is 12.1. The Morgan fingerprint density at radius 2 is 1.63 bits per heavy atom. The minimum atomic E-state index is 0.125. The second kappa shape index (κ2) is 7.20. The van der Waals surface area contributed by atoms with Gasteiger partial charge in [0, 0.05) is 16.8 Å². The van der Waals surface area contributed by atoms with Gasteiger partial charge in [-0.25, -0.2) is 4.57 Å². The van der Waals surface area contributed by atoms with Crippen molar-refractivity contribution in [2.45, 2.75) is 71.1 Å². The number of rotatable bonds is 1. The van der Waals surface area contributed by atoms with Gasteiger partial charge >= 0.3 is 0 Å². The molecule has 1 aliphatic carbocycles. The van der Waals surface area contributed by atoms with E-state index in [9.17, 15) is 0 Å². The Hall–Kier alpha value is -3.13. The second-order valence-corrected chi connectivity index (χ2v) is 12.1. The van der Waals surface area contributed by atoms with E-state index in [1.165, 1.54) is 97.8 Å². The fourth-order valence-corrected chi connectivity index (χ4v) is 6.88. The Bertz CT molecular complexity index is 1770. The summed E-state index contributed by atoms with van der Waals surface area (Å²) in [5.74, 6) is 0.686. The molecule has 0 bridgehead atoms. The summed E-state index contributed by atoms with van der Waals surface area (Å²) in [5.41, 5.74) is 9.85. The van der Waals surface area contributed by atoms with E-state index in [1.807, 2.05) is 0 Å². The highest BCUT2D eigenvalue weighted by Gasteiger charge is 2.26. The fraction of sp³-hybridized carbons (Fsp3) is 0.364.